The molecule has 1 aliphatic rings. The number of hydrogen-bond acceptors (Lipinski definition) is 4. The summed E-state index contributed by atoms with van der Waals surface area (Å²) in [5, 5.41) is 2.71. The van der Waals surface area contributed by atoms with E-state index in [0.717, 1.165) is 4.90 Å². The number of carbonyl (C=O) groups is 4. The lowest BCUT2D eigenvalue weighted by Crippen LogP contribution is -2.28. The van der Waals surface area contributed by atoms with Crippen molar-refractivity contribution < 1.29 is 19.2 Å². The third kappa shape index (κ3) is 3.47. The van der Waals surface area contributed by atoms with Crippen molar-refractivity contribution in [2.45, 2.75) is 19.8 Å². The minimum atomic E-state index is -0.387. The number of amides is 3. The van der Waals surface area contributed by atoms with Gasteiger partial charge in [-0.25, -0.2) is 0 Å². The van der Waals surface area contributed by atoms with Crippen LogP contribution in [-0.4, -0.2) is 23.5 Å². The van der Waals surface area contributed by atoms with Gasteiger partial charge in [-0.3, -0.25) is 24.1 Å². The number of rotatable bonds is 4. The minimum absolute atomic E-state index is 0.0934. The number of ketones is 1. The largest absolute Gasteiger partial charge is 0.322 e. The normalized spacial score (nSPS) is 13.9. The molecule has 0 spiro atoms. The predicted octanol–water partition coefficient (Wildman–Crippen LogP) is 2.79. The Kier molecular flexibility index (Phi) is 4.43. The standard InChI is InChI=1S/C19H16N2O4/c1-12(22)13-4-2-6-15(10-13)20-19(25)14-5-3-7-16(11-14)21-17(23)8-9-18(21)24/h2-7,10-11H,8-9H2,1H3,(H,20,25). The van der Waals surface area contributed by atoms with Gasteiger partial charge in [0, 0.05) is 29.7 Å². The second kappa shape index (κ2) is 6.68. The van der Waals surface area contributed by atoms with E-state index in [9.17, 15) is 19.2 Å². The number of carbonyl (C=O) groups excluding carboxylic acids is 4. The molecule has 0 atom stereocenters. The summed E-state index contributed by atoms with van der Waals surface area (Å²) in [6, 6.07) is 13.0. The van der Waals surface area contributed by atoms with Crippen molar-refractivity contribution in [3.8, 4) is 0 Å². The first-order valence-electron chi connectivity index (χ1n) is 7.84. The first-order valence-corrected chi connectivity index (χ1v) is 7.84. The van der Waals surface area contributed by atoms with E-state index in [1.165, 1.54) is 13.0 Å². The molecule has 1 heterocycles. The van der Waals surface area contributed by atoms with Gasteiger partial charge in [0.1, 0.15) is 0 Å². The lowest BCUT2D eigenvalue weighted by Gasteiger charge is -2.15. The van der Waals surface area contributed by atoms with Crippen molar-refractivity contribution in [1.82, 2.24) is 0 Å². The lowest BCUT2D eigenvalue weighted by molar-refractivity contribution is -0.121. The van der Waals surface area contributed by atoms with Crippen LogP contribution in [0.3, 0.4) is 0 Å². The maximum absolute atomic E-state index is 12.4. The van der Waals surface area contributed by atoms with Crippen molar-refractivity contribution in [1.29, 1.82) is 0 Å². The molecule has 126 valence electrons. The van der Waals surface area contributed by atoms with Crippen molar-refractivity contribution in [3.05, 3.63) is 59.7 Å². The molecule has 1 fully saturated rings. The molecule has 1 saturated heterocycles. The fourth-order valence-corrected chi connectivity index (χ4v) is 2.67. The Balaban J connectivity index is 1.82. The minimum Gasteiger partial charge on any atom is -0.322 e. The molecule has 0 bridgehead atoms. The van der Waals surface area contributed by atoms with E-state index in [-0.39, 0.29) is 36.3 Å². The van der Waals surface area contributed by atoms with Gasteiger partial charge in [0.25, 0.3) is 5.91 Å². The fourth-order valence-electron chi connectivity index (χ4n) is 2.67. The zero-order chi connectivity index (χ0) is 18.0. The Labute approximate surface area is 144 Å². The molecule has 1 aliphatic heterocycles. The van der Waals surface area contributed by atoms with Gasteiger partial charge < -0.3 is 5.32 Å². The van der Waals surface area contributed by atoms with Crippen LogP contribution in [0.4, 0.5) is 11.4 Å². The maximum atomic E-state index is 12.4. The maximum Gasteiger partial charge on any atom is 0.255 e. The summed E-state index contributed by atoms with van der Waals surface area (Å²) in [4.78, 5) is 48.6. The van der Waals surface area contributed by atoms with Crippen molar-refractivity contribution >= 4 is 34.9 Å². The molecule has 0 radical (unpaired) electrons. The Morgan fingerprint density at radius 3 is 2.24 bits per heavy atom. The highest BCUT2D eigenvalue weighted by molar-refractivity contribution is 6.20. The van der Waals surface area contributed by atoms with Crippen molar-refractivity contribution in [3.63, 3.8) is 0 Å². The van der Waals surface area contributed by atoms with E-state index in [2.05, 4.69) is 5.32 Å². The molecule has 3 rings (SSSR count). The number of benzene rings is 2. The topological polar surface area (TPSA) is 83.6 Å². The van der Waals surface area contributed by atoms with E-state index >= 15 is 0 Å². The Hall–Kier alpha value is -3.28. The zero-order valence-electron chi connectivity index (χ0n) is 13.6. The van der Waals surface area contributed by atoms with Crippen LogP contribution in [0.25, 0.3) is 0 Å². The second-order valence-electron chi connectivity index (χ2n) is 5.76. The molecule has 3 amide bonds. The number of imide groups is 1. The molecule has 2 aromatic rings. The Morgan fingerprint density at radius 2 is 1.56 bits per heavy atom. The predicted molar refractivity (Wildman–Crippen MR) is 92.6 cm³/mol. The van der Waals surface area contributed by atoms with E-state index in [0.29, 0.717) is 22.5 Å². The molecular formula is C19H16N2O4. The van der Waals surface area contributed by atoms with Crippen LogP contribution in [0.2, 0.25) is 0 Å². The van der Waals surface area contributed by atoms with Crippen LogP contribution >= 0.6 is 0 Å². The number of Topliss-reactive ketones (excluding diaryl/α,β-unsaturated/α-hetero) is 1. The third-order valence-corrected chi connectivity index (χ3v) is 3.95. The quantitative estimate of drug-likeness (QED) is 0.687. The molecule has 25 heavy (non-hydrogen) atoms. The summed E-state index contributed by atoms with van der Waals surface area (Å²) in [5.41, 5.74) is 1.70. The molecular weight excluding hydrogens is 320 g/mol. The van der Waals surface area contributed by atoms with Crippen molar-refractivity contribution in [2.75, 3.05) is 10.2 Å². The molecule has 6 nitrogen and oxygen atoms in total. The van der Waals surface area contributed by atoms with Gasteiger partial charge in [0.2, 0.25) is 11.8 Å². The summed E-state index contributed by atoms with van der Waals surface area (Å²) >= 11 is 0. The number of hydrogen-bond donors (Lipinski definition) is 1. The lowest BCUT2D eigenvalue weighted by atomic mass is 10.1. The molecule has 1 N–H and O–H groups in total. The van der Waals surface area contributed by atoms with E-state index < -0.39 is 0 Å². The number of anilines is 2. The van der Waals surface area contributed by atoms with E-state index in [4.69, 9.17) is 0 Å². The van der Waals surface area contributed by atoms with Gasteiger partial charge in [-0.15, -0.1) is 0 Å². The molecule has 0 aliphatic carbocycles. The molecule has 6 heteroatoms. The molecule has 2 aromatic carbocycles. The Morgan fingerprint density at radius 1 is 0.920 bits per heavy atom. The highest BCUT2D eigenvalue weighted by atomic mass is 16.2. The molecule has 0 aromatic heterocycles. The number of nitrogens with zero attached hydrogens (tertiary/aromatic N) is 1. The van der Waals surface area contributed by atoms with Gasteiger partial charge in [0.05, 0.1) is 5.69 Å². The smallest absolute Gasteiger partial charge is 0.255 e. The van der Waals surface area contributed by atoms with Gasteiger partial charge in [-0.2, -0.15) is 0 Å². The van der Waals surface area contributed by atoms with Crippen LogP contribution in [-0.2, 0) is 9.59 Å². The SMILES string of the molecule is CC(=O)c1cccc(NC(=O)c2cccc(N3C(=O)CCC3=O)c2)c1. The van der Waals surface area contributed by atoms with Crippen LogP contribution in [0, 0.1) is 0 Å². The summed E-state index contributed by atoms with van der Waals surface area (Å²) in [7, 11) is 0. The van der Waals surface area contributed by atoms with E-state index in [1.807, 2.05) is 0 Å². The summed E-state index contributed by atoms with van der Waals surface area (Å²) in [6.45, 7) is 1.45. The third-order valence-electron chi connectivity index (χ3n) is 3.95. The van der Waals surface area contributed by atoms with Crippen LogP contribution < -0.4 is 10.2 Å². The van der Waals surface area contributed by atoms with Crippen molar-refractivity contribution in [2.24, 2.45) is 0 Å². The highest BCUT2D eigenvalue weighted by Gasteiger charge is 2.30. The monoisotopic (exact) mass is 336 g/mol. The summed E-state index contributed by atoms with van der Waals surface area (Å²) in [6.07, 6.45) is 0.375. The first kappa shape index (κ1) is 16.6. The number of nitrogens with one attached hydrogen (secondary N) is 1. The molecule has 0 unspecified atom stereocenters. The van der Waals surface area contributed by atoms with Gasteiger partial charge in [-0.05, 0) is 37.3 Å². The van der Waals surface area contributed by atoms with Gasteiger partial charge in [0.15, 0.2) is 5.78 Å². The average Bonchev–Trinajstić information content (AvgIpc) is 2.94. The summed E-state index contributed by atoms with van der Waals surface area (Å²) in [5.74, 6) is -1.01. The van der Waals surface area contributed by atoms with Crippen LogP contribution in [0.1, 0.15) is 40.5 Å². The van der Waals surface area contributed by atoms with Gasteiger partial charge in [-0.1, -0.05) is 18.2 Å². The van der Waals surface area contributed by atoms with Crippen LogP contribution in [0.5, 0.6) is 0 Å². The van der Waals surface area contributed by atoms with Crippen LogP contribution in [0.15, 0.2) is 48.5 Å². The highest BCUT2D eigenvalue weighted by Crippen LogP contribution is 2.24. The zero-order valence-corrected chi connectivity index (χ0v) is 13.6. The second-order valence-corrected chi connectivity index (χ2v) is 5.76. The summed E-state index contributed by atoms with van der Waals surface area (Å²) < 4.78 is 0. The fraction of sp³-hybridized carbons (Fsp3) is 0.158. The van der Waals surface area contributed by atoms with E-state index in [1.54, 1.807) is 42.5 Å². The average molecular weight is 336 g/mol. The Bertz CT molecular complexity index is 872. The van der Waals surface area contributed by atoms with Gasteiger partial charge >= 0.3 is 0 Å². The molecule has 0 saturated carbocycles. The first-order chi connectivity index (χ1) is 12.0.